The van der Waals surface area contributed by atoms with Crippen molar-refractivity contribution in [2.75, 3.05) is 32.1 Å². The van der Waals surface area contributed by atoms with Gasteiger partial charge in [-0.15, -0.1) is 0 Å². The van der Waals surface area contributed by atoms with Crippen molar-refractivity contribution in [3.8, 4) is 5.75 Å². The number of aliphatic hydroxyl groups excluding tert-OH is 1. The topological polar surface area (TPSA) is 95.0 Å². The van der Waals surface area contributed by atoms with E-state index in [1.165, 1.54) is 5.56 Å². The van der Waals surface area contributed by atoms with Crippen LogP contribution in [0.4, 0.5) is 5.69 Å². The zero-order valence-electron chi connectivity index (χ0n) is 22.2. The number of ether oxygens (including phenoxy) is 1. The molecular formula is C30H36N4O4. The number of nitrogens with one attached hydrogen (secondary N) is 1. The van der Waals surface area contributed by atoms with E-state index in [1.807, 2.05) is 31.2 Å². The van der Waals surface area contributed by atoms with Gasteiger partial charge < -0.3 is 20.1 Å². The number of likely N-dealkylation sites (N-methyl/N-ethyl adjacent to an activating group) is 1. The molecule has 38 heavy (non-hydrogen) atoms. The van der Waals surface area contributed by atoms with Crippen LogP contribution in [0.15, 0.2) is 73.1 Å². The molecule has 0 fully saturated rings. The molecule has 8 heteroatoms. The van der Waals surface area contributed by atoms with Crippen molar-refractivity contribution in [3.63, 3.8) is 0 Å². The summed E-state index contributed by atoms with van der Waals surface area (Å²) >= 11 is 0. The Kier molecular flexibility index (Phi) is 9.10. The second-order valence-electron chi connectivity index (χ2n) is 10.1. The number of aromatic nitrogens is 1. The lowest BCUT2D eigenvalue weighted by atomic mass is 10.0. The van der Waals surface area contributed by atoms with Crippen LogP contribution in [0.2, 0.25) is 0 Å². The van der Waals surface area contributed by atoms with E-state index in [-0.39, 0.29) is 42.9 Å². The van der Waals surface area contributed by atoms with Crippen molar-refractivity contribution in [2.45, 2.75) is 39.0 Å². The van der Waals surface area contributed by atoms with Crippen LogP contribution in [0.25, 0.3) is 0 Å². The molecule has 1 aliphatic rings. The van der Waals surface area contributed by atoms with Crippen LogP contribution in [0, 0.1) is 5.92 Å². The molecule has 4 rings (SSSR count). The Hall–Kier alpha value is -3.75. The third-order valence-corrected chi connectivity index (χ3v) is 6.90. The smallest absolute Gasteiger partial charge is 0.255 e. The fraction of sp³-hybridized carbons (Fsp3) is 0.367. The predicted molar refractivity (Wildman–Crippen MR) is 147 cm³/mol. The molecule has 200 valence electrons. The number of hydrogen-bond donors (Lipinski definition) is 2. The Bertz CT molecular complexity index is 1220. The minimum absolute atomic E-state index is 0.0168. The summed E-state index contributed by atoms with van der Waals surface area (Å²) in [5.41, 5.74) is 2.98. The summed E-state index contributed by atoms with van der Waals surface area (Å²) in [5.74, 6) is 0.304. The molecule has 0 spiro atoms. The standard InChI is InChI=1S/C30H36N4O4/c1-21-17-34(22(2)20-35)29(36)16-25-15-26(32-30(37)24-11-13-31-14-12-24)9-10-27(25)38-28(21)19-33(3)18-23-7-5-4-6-8-23/h4-15,21-22,28,35H,16-20H2,1-3H3,(H,32,37)/t21-,22-,28-/m1/s1. The predicted octanol–water partition coefficient (Wildman–Crippen LogP) is 3.61. The van der Waals surface area contributed by atoms with Gasteiger partial charge in [-0.25, -0.2) is 0 Å². The number of hydrogen-bond acceptors (Lipinski definition) is 6. The van der Waals surface area contributed by atoms with E-state index in [0.29, 0.717) is 35.7 Å². The SMILES string of the molecule is C[C@@H]1CN([C@H](C)CO)C(=O)Cc2cc(NC(=O)c3ccncc3)ccc2O[C@@H]1CN(C)Cc1ccccc1. The number of benzene rings is 2. The first-order valence-electron chi connectivity index (χ1n) is 13.0. The number of fused-ring (bicyclic) bond motifs is 1. The van der Waals surface area contributed by atoms with Gasteiger partial charge in [-0.1, -0.05) is 37.3 Å². The van der Waals surface area contributed by atoms with Crippen LogP contribution in [-0.4, -0.2) is 70.6 Å². The van der Waals surface area contributed by atoms with E-state index in [0.717, 1.165) is 6.54 Å². The van der Waals surface area contributed by atoms with Crippen LogP contribution in [0.5, 0.6) is 5.75 Å². The second-order valence-corrected chi connectivity index (χ2v) is 10.1. The zero-order valence-corrected chi connectivity index (χ0v) is 22.2. The van der Waals surface area contributed by atoms with Crippen molar-refractivity contribution in [3.05, 3.63) is 89.7 Å². The van der Waals surface area contributed by atoms with Crippen LogP contribution >= 0.6 is 0 Å². The first kappa shape index (κ1) is 27.3. The van der Waals surface area contributed by atoms with Gasteiger partial charge in [0.05, 0.1) is 19.1 Å². The summed E-state index contributed by atoms with van der Waals surface area (Å²) in [5, 5.41) is 12.8. The lowest BCUT2D eigenvalue weighted by molar-refractivity contribution is -0.134. The number of aliphatic hydroxyl groups is 1. The van der Waals surface area contributed by atoms with E-state index in [9.17, 15) is 14.7 Å². The molecule has 0 radical (unpaired) electrons. The third kappa shape index (κ3) is 6.96. The average molecular weight is 517 g/mol. The number of amides is 2. The molecule has 1 aromatic heterocycles. The maximum atomic E-state index is 13.4. The van der Waals surface area contributed by atoms with Gasteiger partial charge in [0.2, 0.25) is 5.91 Å². The van der Waals surface area contributed by atoms with Crippen LogP contribution in [0.3, 0.4) is 0 Å². The Morgan fingerprint density at radius 2 is 1.92 bits per heavy atom. The van der Waals surface area contributed by atoms with Gasteiger partial charge in [-0.2, -0.15) is 0 Å². The molecule has 3 atom stereocenters. The molecular weight excluding hydrogens is 480 g/mol. The Balaban J connectivity index is 1.60. The minimum Gasteiger partial charge on any atom is -0.488 e. The van der Waals surface area contributed by atoms with E-state index >= 15 is 0 Å². The summed E-state index contributed by atoms with van der Waals surface area (Å²) in [4.78, 5) is 34.0. The molecule has 0 saturated carbocycles. The minimum atomic E-state index is -0.316. The number of carbonyl (C=O) groups excluding carboxylic acids is 2. The van der Waals surface area contributed by atoms with Crippen molar-refractivity contribution >= 4 is 17.5 Å². The van der Waals surface area contributed by atoms with Crippen molar-refractivity contribution in [2.24, 2.45) is 5.92 Å². The van der Waals surface area contributed by atoms with Gasteiger partial charge in [0, 0.05) is 54.8 Å². The monoisotopic (exact) mass is 516 g/mol. The molecule has 0 unspecified atom stereocenters. The first-order valence-corrected chi connectivity index (χ1v) is 13.0. The molecule has 2 aromatic carbocycles. The van der Waals surface area contributed by atoms with Gasteiger partial charge in [0.25, 0.3) is 5.91 Å². The van der Waals surface area contributed by atoms with Crippen molar-refractivity contribution in [1.82, 2.24) is 14.8 Å². The van der Waals surface area contributed by atoms with Gasteiger partial charge in [0.15, 0.2) is 0 Å². The largest absolute Gasteiger partial charge is 0.488 e. The number of anilines is 1. The Labute approximate surface area is 224 Å². The van der Waals surface area contributed by atoms with E-state index in [2.05, 4.69) is 41.3 Å². The van der Waals surface area contributed by atoms with Crippen LogP contribution < -0.4 is 10.1 Å². The lowest BCUT2D eigenvalue weighted by Gasteiger charge is -2.34. The molecule has 0 saturated heterocycles. The number of nitrogens with zero attached hydrogens (tertiary/aromatic N) is 3. The van der Waals surface area contributed by atoms with Gasteiger partial charge in [-0.3, -0.25) is 19.5 Å². The number of pyridine rings is 1. The highest BCUT2D eigenvalue weighted by molar-refractivity contribution is 6.04. The van der Waals surface area contributed by atoms with E-state index in [4.69, 9.17) is 4.74 Å². The summed E-state index contributed by atoms with van der Waals surface area (Å²) in [6, 6.07) is 18.7. The third-order valence-electron chi connectivity index (χ3n) is 6.90. The molecule has 3 aromatic rings. The van der Waals surface area contributed by atoms with E-state index in [1.54, 1.807) is 41.6 Å². The van der Waals surface area contributed by atoms with Crippen LogP contribution in [0.1, 0.15) is 35.3 Å². The summed E-state index contributed by atoms with van der Waals surface area (Å²) in [7, 11) is 2.06. The fourth-order valence-electron chi connectivity index (χ4n) is 4.70. The van der Waals surface area contributed by atoms with Gasteiger partial charge >= 0.3 is 0 Å². The highest BCUT2D eigenvalue weighted by Gasteiger charge is 2.31. The maximum Gasteiger partial charge on any atom is 0.255 e. The molecule has 8 nitrogen and oxygen atoms in total. The van der Waals surface area contributed by atoms with Crippen molar-refractivity contribution in [1.29, 1.82) is 0 Å². The first-order chi connectivity index (χ1) is 18.3. The maximum absolute atomic E-state index is 13.4. The Morgan fingerprint density at radius 1 is 1.18 bits per heavy atom. The average Bonchev–Trinajstić information content (AvgIpc) is 2.97. The number of carbonyl (C=O) groups is 2. The normalized spacial score (nSPS) is 18.6. The molecule has 2 heterocycles. The number of rotatable bonds is 8. The van der Waals surface area contributed by atoms with Gasteiger partial charge in [-0.05, 0) is 49.9 Å². The second kappa shape index (κ2) is 12.7. The zero-order chi connectivity index (χ0) is 27.1. The van der Waals surface area contributed by atoms with Crippen molar-refractivity contribution < 1.29 is 19.4 Å². The molecule has 0 bridgehead atoms. The Morgan fingerprint density at radius 3 is 2.63 bits per heavy atom. The van der Waals surface area contributed by atoms with Crippen LogP contribution in [-0.2, 0) is 17.8 Å². The van der Waals surface area contributed by atoms with E-state index < -0.39 is 0 Å². The van der Waals surface area contributed by atoms with Gasteiger partial charge in [0.1, 0.15) is 11.9 Å². The fourth-order valence-corrected chi connectivity index (χ4v) is 4.70. The summed E-state index contributed by atoms with van der Waals surface area (Å²) in [6.45, 7) is 5.73. The summed E-state index contributed by atoms with van der Waals surface area (Å²) < 4.78 is 6.59. The highest BCUT2D eigenvalue weighted by atomic mass is 16.5. The molecule has 1 aliphatic heterocycles. The summed E-state index contributed by atoms with van der Waals surface area (Å²) in [6.07, 6.45) is 3.05. The molecule has 2 N–H and O–H groups in total. The lowest BCUT2D eigenvalue weighted by Crippen LogP contribution is -2.47. The molecule has 2 amide bonds. The highest BCUT2D eigenvalue weighted by Crippen LogP contribution is 2.29. The molecule has 0 aliphatic carbocycles. The quantitative estimate of drug-likeness (QED) is 0.475.